The molecule has 1 aliphatic heterocycles. The summed E-state index contributed by atoms with van der Waals surface area (Å²) in [6.45, 7) is 6.15. The van der Waals surface area contributed by atoms with Gasteiger partial charge in [-0.15, -0.1) is 0 Å². The van der Waals surface area contributed by atoms with Crippen LogP contribution in [0.15, 0.2) is 0 Å². The van der Waals surface area contributed by atoms with Gasteiger partial charge in [-0.05, 0) is 55.4 Å². The smallest absolute Gasteiger partial charge is 0.0103 e. The van der Waals surface area contributed by atoms with Crippen LogP contribution in [0.1, 0.15) is 71.6 Å². The van der Waals surface area contributed by atoms with E-state index in [4.69, 9.17) is 0 Å². The molecule has 1 saturated heterocycles. The Kier molecular flexibility index (Phi) is 3.71. The van der Waals surface area contributed by atoms with Crippen molar-refractivity contribution in [2.75, 3.05) is 6.54 Å². The minimum Gasteiger partial charge on any atom is -0.314 e. The van der Waals surface area contributed by atoms with Crippen molar-refractivity contribution in [3.8, 4) is 0 Å². The van der Waals surface area contributed by atoms with Gasteiger partial charge in [-0.1, -0.05) is 46.0 Å². The Morgan fingerprint density at radius 3 is 2.83 bits per heavy atom. The quantitative estimate of drug-likeness (QED) is 0.783. The molecule has 0 aromatic rings. The molecular weight excluding hydrogens is 218 g/mol. The fourth-order valence-electron chi connectivity index (χ4n) is 6.12. The second kappa shape index (κ2) is 5.15. The van der Waals surface area contributed by atoms with Gasteiger partial charge in [0.15, 0.2) is 0 Å². The van der Waals surface area contributed by atoms with Crippen LogP contribution < -0.4 is 5.32 Å². The van der Waals surface area contributed by atoms with E-state index in [2.05, 4.69) is 19.2 Å². The Morgan fingerprint density at radius 1 is 1.17 bits per heavy atom. The highest BCUT2D eigenvalue weighted by Crippen LogP contribution is 2.60. The molecule has 0 aromatic heterocycles. The fraction of sp³-hybridized carbons (Fsp3) is 1.00. The average molecular weight is 249 g/mol. The van der Waals surface area contributed by atoms with Gasteiger partial charge in [0.2, 0.25) is 0 Å². The van der Waals surface area contributed by atoms with Crippen molar-refractivity contribution in [2.24, 2.45) is 23.2 Å². The molecule has 0 radical (unpaired) electrons. The van der Waals surface area contributed by atoms with Gasteiger partial charge < -0.3 is 5.32 Å². The molecule has 1 heterocycles. The summed E-state index contributed by atoms with van der Waals surface area (Å²) in [7, 11) is 0. The lowest BCUT2D eigenvalue weighted by Crippen LogP contribution is -2.61. The van der Waals surface area contributed by atoms with E-state index < -0.39 is 0 Å². The highest BCUT2D eigenvalue weighted by molar-refractivity contribution is 5.07. The predicted molar refractivity (Wildman–Crippen MR) is 77.6 cm³/mol. The lowest BCUT2D eigenvalue weighted by molar-refractivity contribution is -0.0991. The van der Waals surface area contributed by atoms with Crippen LogP contribution in [-0.2, 0) is 0 Å². The molecule has 3 rings (SSSR count). The number of hydrogen-bond acceptors (Lipinski definition) is 1. The van der Waals surface area contributed by atoms with Gasteiger partial charge >= 0.3 is 0 Å². The minimum atomic E-state index is 0.751. The van der Waals surface area contributed by atoms with Crippen molar-refractivity contribution in [1.82, 2.24) is 5.32 Å². The number of nitrogens with one attached hydrogen (secondary N) is 1. The van der Waals surface area contributed by atoms with E-state index in [1.807, 2.05) is 0 Å². The van der Waals surface area contributed by atoms with Crippen LogP contribution in [0.5, 0.6) is 0 Å². The number of rotatable bonds is 3. The molecule has 4 unspecified atom stereocenters. The van der Waals surface area contributed by atoms with Gasteiger partial charge in [0.05, 0.1) is 0 Å². The first kappa shape index (κ1) is 13.0. The van der Waals surface area contributed by atoms with E-state index in [9.17, 15) is 0 Å². The zero-order valence-electron chi connectivity index (χ0n) is 12.4. The molecule has 3 aliphatic rings. The molecule has 1 N–H and O–H groups in total. The van der Waals surface area contributed by atoms with Crippen molar-refractivity contribution < 1.29 is 0 Å². The third-order valence-corrected chi connectivity index (χ3v) is 6.59. The molecule has 1 nitrogen and oxygen atoms in total. The average Bonchev–Trinajstić information content (AvgIpc) is 2.39. The van der Waals surface area contributed by atoms with E-state index >= 15 is 0 Å². The molecule has 0 aromatic carbocycles. The molecule has 104 valence electrons. The highest BCUT2D eigenvalue weighted by Gasteiger charge is 2.55. The molecule has 5 atom stereocenters. The molecule has 1 heteroatoms. The molecular formula is C17H31N. The van der Waals surface area contributed by atoms with Gasteiger partial charge in [-0.2, -0.15) is 0 Å². The van der Waals surface area contributed by atoms with Crippen LogP contribution >= 0.6 is 0 Å². The van der Waals surface area contributed by atoms with E-state index in [0.29, 0.717) is 0 Å². The standard InChI is InChI=1S/C17H31N/c1-3-7-13-12-16-15-8-5-6-9-17(15,10-11-18-16)14(13)4-2/h13-16,18H,3-12H2,1-2H3/t13?,14?,15?,16?,17-/m0/s1. The fourth-order valence-corrected chi connectivity index (χ4v) is 6.12. The van der Waals surface area contributed by atoms with Gasteiger partial charge in [-0.3, -0.25) is 0 Å². The van der Waals surface area contributed by atoms with Crippen LogP contribution in [0.4, 0.5) is 0 Å². The largest absolute Gasteiger partial charge is 0.314 e. The Balaban J connectivity index is 1.90. The number of hydrogen-bond donors (Lipinski definition) is 1. The van der Waals surface area contributed by atoms with E-state index in [1.54, 1.807) is 6.42 Å². The Morgan fingerprint density at radius 2 is 2.06 bits per heavy atom. The van der Waals surface area contributed by atoms with Crippen molar-refractivity contribution >= 4 is 0 Å². The maximum absolute atomic E-state index is 3.88. The lowest BCUT2D eigenvalue weighted by Gasteiger charge is -2.61. The second-order valence-corrected chi connectivity index (χ2v) is 7.20. The maximum atomic E-state index is 3.88. The Bertz CT molecular complexity index is 283. The first-order valence-corrected chi connectivity index (χ1v) is 8.55. The summed E-state index contributed by atoms with van der Waals surface area (Å²) < 4.78 is 0. The van der Waals surface area contributed by atoms with Gasteiger partial charge in [0.25, 0.3) is 0 Å². The predicted octanol–water partition coefficient (Wildman–Crippen LogP) is 4.37. The zero-order valence-corrected chi connectivity index (χ0v) is 12.4. The van der Waals surface area contributed by atoms with Crippen molar-refractivity contribution in [3.63, 3.8) is 0 Å². The van der Waals surface area contributed by atoms with Crippen LogP contribution in [-0.4, -0.2) is 12.6 Å². The van der Waals surface area contributed by atoms with Crippen molar-refractivity contribution in [3.05, 3.63) is 0 Å². The maximum Gasteiger partial charge on any atom is 0.0103 e. The van der Waals surface area contributed by atoms with E-state index in [1.165, 1.54) is 57.9 Å². The summed E-state index contributed by atoms with van der Waals surface area (Å²) in [6.07, 6.45) is 13.3. The molecule has 0 amide bonds. The summed E-state index contributed by atoms with van der Waals surface area (Å²) in [5.41, 5.74) is 0.751. The first-order chi connectivity index (χ1) is 8.81. The normalized spacial score (nSPS) is 47.7. The molecule has 2 aliphatic carbocycles. The van der Waals surface area contributed by atoms with Crippen LogP contribution in [0.3, 0.4) is 0 Å². The van der Waals surface area contributed by atoms with Crippen LogP contribution in [0.2, 0.25) is 0 Å². The van der Waals surface area contributed by atoms with Gasteiger partial charge in [-0.25, -0.2) is 0 Å². The second-order valence-electron chi connectivity index (χ2n) is 7.20. The summed E-state index contributed by atoms with van der Waals surface area (Å²) >= 11 is 0. The zero-order chi connectivity index (χ0) is 12.6. The lowest BCUT2D eigenvalue weighted by atomic mass is 9.47. The van der Waals surface area contributed by atoms with Gasteiger partial charge in [0.1, 0.15) is 0 Å². The summed E-state index contributed by atoms with van der Waals surface area (Å²) in [5, 5.41) is 3.88. The number of piperidine rings is 1. The molecule has 0 spiro atoms. The third-order valence-electron chi connectivity index (χ3n) is 6.59. The highest BCUT2D eigenvalue weighted by atomic mass is 15.0. The van der Waals surface area contributed by atoms with Crippen LogP contribution in [0, 0.1) is 23.2 Å². The Hall–Kier alpha value is -0.0400. The van der Waals surface area contributed by atoms with E-state index in [0.717, 1.165) is 29.2 Å². The molecule has 2 bridgehead atoms. The Labute approximate surface area is 113 Å². The summed E-state index contributed by atoms with van der Waals surface area (Å²) in [5.74, 6) is 3.09. The van der Waals surface area contributed by atoms with Crippen molar-refractivity contribution in [2.45, 2.75) is 77.7 Å². The van der Waals surface area contributed by atoms with Crippen molar-refractivity contribution in [1.29, 1.82) is 0 Å². The first-order valence-electron chi connectivity index (χ1n) is 8.55. The topological polar surface area (TPSA) is 12.0 Å². The summed E-state index contributed by atoms with van der Waals surface area (Å²) in [6, 6.07) is 0.874. The minimum absolute atomic E-state index is 0.751. The third kappa shape index (κ3) is 1.85. The SMILES string of the molecule is CCCC1CC2NCC[C@@]3(CCCCC23)C1CC. The molecule has 18 heavy (non-hydrogen) atoms. The van der Waals surface area contributed by atoms with Gasteiger partial charge in [0, 0.05) is 6.04 Å². The molecule has 3 fully saturated rings. The monoisotopic (exact) mass is 249 g/mol. The van der Waals surface area contributed by atoms with E-state index in [-0.39, 0.29) is 0 Å². The summed E-state index contributed by atoms with van der Waals surface area (Å²) in [4.78, 5) is 0. The molecule has 2 saturated carbocycles. The van der Waals surface area contributed by atoms with Crippen LogP contribution in [0.25, 0.3) is 0 Å².